The van der Waals surface area contributed by atoms with E-state index in [-0.39, 0.29) is 23.7 Å². The first-order valence-corrected chi connectivity index (χ1v) is 10.3. The Balaban J connectivity index is 1.67. The Morgan fingerprint density at radius 2 is 1.62 bits per heavy atom. The van der Waals surface area contributed by atoms with Crippen molar-refractivity contribution in [1.29, 1.82) is 0 Å². The number of pyridine rings is 1. The van der Waals surface area contributed by atoms with Gasteiger partial charge in [0.25, 0.3) is 0 Å². The number of carbonyl (C=O) groups excluding carboxylic acids is 2. The van der Waals surface area contributed by atoms with Crippen LogP contribution in [0.4, 0.5) is 0 Å². The topological polar surface area (TPSA) is 118 Å². The molecule has 9 heteroatoms. The van der Waals surface area contributed by atoms with Crippen molar-refractivity contribution in [2.75, 3.05) is 6.54 Å². The molecule has 3 rings (SSSR count). The standard InChI is InChI=1S/C20H19N3O5S/c24-19(22-13-15-8-10-21-11-9-15)20(25)23-14-18(17-7-4-12-28-17)29(26,27)16-5-2-1-3-6-16/h1-12,18H,13-14H2,(H,22,24)(H,23,25)/t18-/m1/s1. The third-order valence-corrected chi connectivity index (χ3v) is 6.24. The molecule has 0 saturated carbocycles. The zero-order valence-corrected chi connectivity index (χ0v) is 16.1. The van der Waals surface area contributed by atoms with Crippen molar-refractivity contribution in [1.82, 2.24) is 15.6 Å². The molecule has 2 aromatic heterocycles. The van der Waals surface area contributed by atoms with E-state index in [1.54, 1.807) is 48.8 Å². The number of rotatable bonds is 7. The highest BCUT2D eigenvalue weighted by atomic mass is 32.2. The van der Waals surface area contributed by atoms with Gasteiger partial charge >= 0.3 is 11.8 Å². The lowest BCUT2D eigenvalue weighted by atomic mass is 10.2. The van der Waals surface area contributed by atoms with Crippen molar-refractivity contribution in [2.45, 2.75) is 16.7 Å². The summed E-state index contributed by atoms with van der Waals surface area (Å²) in [5.74, 6) is -1.62. The highest BCUT2D eigenvalue weighted by Gasteiger charge is 2.32. The largest absolute Gasteiger partial charge is 0.468 e. The van der Waals surface area contributed by atoms with E-state index in [1.807, 2.05) is 0 Å². The van der Waals surface area contributed by atoms with Crippen LogP contribution in [0.3, 0.4) is 0 Å². The summed E-state index contributed by atoms with van der Waals surface area (Å²) < 4.78 is 31.3. The minimum atomic E-state index is -3.85. The number of amides is 2. The van der Waals surface area contributed by atoms with E-state index in [0.29, 0.717) is 0 Å². The quantitative estimate of drug-likeness (QED) is 0.568. The van der Waals surface area contributed by atoms with Crippen LogP contribution in [0.5, 0.6) is 0 Å². The van der Waals surface area contributed by atoms with Crippen LogP contribution in [0.1, 0.15) is 16.6 Å². The molecule has 29 heavy (non-hydrogen) atoms. The molecule has 2 N–H and O–H groups in total. The second-order valence-electron chi connectivity index (χ2n) is 6.11. The molecule has 150 valence electrons. The molecule has 0 unspecified atom stereocenters. The number of nitrogens with zero attached hydrogens (tertiary/aromatic N) is 1. The van der Waals surface area contributed by atoms with Gasteiger partial charge in [-0.1, -0.05) is 18.2 Å². The van der Waals surface area contributed by atoms with Gasteiger partial charge in [-0.2, -0.15) is 0 Å². The zero-order chi connectivity index (χ0) is 20.7. The van der Waals surface area contributed by atoms with Gasteiger partial charge < -0.3 is 15.1 Å². The maximum Gasteiger partial charge on any atom is 0.309 e. The fourth-order valence-corrected chi connectivity index (χ4v) is 4.25. The van der Waals surface area contributed by atoms with Crippen LogP contribution in [0.25, 0.3) is 0 Å². The fraction of sp³-hybridized carbons (Fsp3) is 0.150. The summed E-state index contributed by atoms with van der Waals surface area (Å²) in [5, 5.41) is 3.69. The van der Waals surface area contributed by atoms with Gasteiger partial charge in [0.1, 0.15) is 11.0 Å². The summed E-state index contributed by atoms with van der Waals surface area (Å²) in [4.78, 5) is 28.1. The number of aromatic nitrogens is 1. The molecule has 2 amide bonds. The second-order valence-corrected chi connectivity index (χ2v) is 8.24. The summed E-state index contributed by atoms with van der Waals surface area (Å²) in [6.45, 7) is -0.162. The maximum atomic E-state index is 13.0. The number of nitrogens with one attached hydrogen (secondary N) is 2. The summed E-state index contributed by atoms with van der Waals surface area (Å²) in [5.41, 5.74) is 0.779. The second kappa shape index (κ2) is 9.16. The van der Waals surface area contributed by atoms with Crippen molar-refractivity contribution < 1.29 is 22.4 Å². The minimum absolute atomic E-state index is 0.0952. The Kier molecular flexibility index (Phi) is 6.40. The lowest BCUT2D eigenvalue weighted by Gasteiger charge is -2.16. The van der Waals surface area contributed by atoms with Gasteiger partial charge in [-0.15, -0.1) is 0 Å². The van der Waals surface area contributed by atoms with Crippen molar-refractivity contribution in [3.8, 4) is 0 Å². The predicted octanol–water partition coefficient (Wildman–Crippen LogP) is 1.62. The van der Waals surface area contributed by atoms with Gasteiger partial charge in [0.05, 0.1) is 11.2 Å². The zero-order valence-electron chi connectivity index (χ0n) is 15.3. The van der Waals surface area contributed by atoms with Gasteiger partial charge in [0.15, 0.2) is 9.84 Å². The van der Waals surface area contributed by atoms with E-state index >= 15 is 0 Å². The third kappa shape index (κ3) is 5.08. The van der Waals surface area contributed by atoms with Crippen molar-refractivity contribution in [2.24, 2.45) is 0 Å². The summed E-state index contributed by atoms with van der Waals surface area (Å²) in [6, 6.07) is 14.3. The van der Waals surface area contributed by atoms with E-state index < -0.39 is 26.9 Å². The fourth-order valence-electron chi connectivity index (χ4n) is 2.64. The Morgan fingerprint density at radius 3 is 2.28 bits per heavy atom. The molecule has 0 saturated heterocycles. The number of sulfone groups is 1. The van der Waals surface area contributed by atoms with Crippen LogP contribution >= 0.6 is 0 Å². The Bertz CT molecular complexity index is 1050. The molecule has 8 nitrogen and oxygen atoms in total. The van der Waals surface area contributed by atoms with E-state index in [4.69, 9.17) is 4.42 Å². The van der Waals surface area contributed by atoms with E-state index in [1.165, 1.54) is 24.5 Å². The summed E-state index contributed by atoms with van der Waals surface area (Å²) in [7, 11) is -3.85. The first-order chi connectivity index (χ1) is 14.0. The Labute approximate surface area is 167 Å². The average molecular weight is 413 g/mol. The van der Waals surface area contributed by atoms with Crippen LogP contribution in [0, 0.1) is 0 Å². The normalized spacial score (nSPS) is 12.1. The van der Waals surface area contributed by atoms with Crippen LogP contribution in [0.2, 0.25) is 0 Å². The minimum Gasteiger partial charge on any atom is -0.468 e. The molecule has 0 aliphatic carbocycles. The molecule has 0 spiro atoms. The smallest absolute Gasteiger partial charge is 0.309 e. The molecule has 1 atom stereocenters. The SMILES string of the molecule is O=C(NCc1ccncc1)C(=O)NC[C@H](c1ccco1)S(=O)(=O)c1ccccc1. The van der Waals surface area contributed by atoms with Gasteiger partial charge in [0.2, 0.25) is 0 Å². The number of benzene rings is 1. The first-order valence-electron chi connectivity index (χ1n) is 8.76. The Morgan fingerprint density at radius 1 is 0.931 bits per heavy atom. The lowest BCUT2D eigenvalue weighted by molar-refractivity contribution is -0.139. The van der Waals surface area contributed by atoms with Crippen LogP contribution < -0.4 is 10.6 Å². The summed E-state index contributed by atoms with van der Waals surface area (Å²) >= 11 is 0. The molecule has 0 aliphatic heterocycles. The monoisotopic (exact) mass is 413 g/mol. The van der Waals surface area contributed by atoms with Gasteiger partial charge in [0, 0.05) is 25.5 Å². The van der Waals surface area contributed by atoms with Gasteiger partial charge in [-0.05, 0) is 42.0 Å². The van der Waals surface area contributed by atoms with E-state index in [0.717, 1.165) is 5.56 Å². The molecule has 1 aromatic carbocycles. The molecule has 0 aliphatic rings. The third-order valence-electron chi connectivity index (χ3n) is 4.16. The number of furan rings is 1. The summed E-state index contributed by atoms with van der Waals surface area (Å²) in [6.07, 6.45) is 4.50. The highest BCUT2D eigenvalue weighted by molar-refractivity contribution is 7.91. The molecule has 0 bridgehead atoms. The lowest BCUT2D eigenvalue weighted by Crippen LogP contribution is -2.42. The van der Waals surface area contributed by atoms with Crippen molar-refractivity contribution >= 4 is 21.7 Å². The molecule has 2 heterocycles. The van der Waals surface area contributed by atoms with Gasteiger partial charge in [-0.3, -0.25) is 14.6 Å². The van der Waals surface area contributed by atoms with Crippen LogP contribution in [-0.4, -0.2) is 31.8 Å². The Hall–Kier alpha value is -3.46. The number of hydrogen-bond acceptors (Lipinski definition) is 6. The number of hydrogen-bond donors (Lipinski definition) is 2. The van der Waals surface area contributed by atoms with E-state index in [9.17, 15) is 18.0 Å². The number of carbonyl (C=O) groups is 2. The predicted molar refractivity (Wildman–Crippen MR) is 104 cm³/mol. The molecule has 3 aromatic rings. The maximum absolute atomic E-state index is 13.0. The van der Waals surface area contributed by atoms with E-state index in [2.05, 4.69) is 15.6 Å². The average Bonchev–Trinajstić information content (AvgIpc) is 3.27. The molecular formula is C20H19N3O5S. The molecule has 0 fully saturated rings. The highest BCUT2D eigenvalue weighted by Crippen LogP contribution is 2.28. The van der Waals surface area contributed by atoms with Crippen LogP contribution in [-0.2, 0) is 26.0 Å². The van der Waals surface area contributed by atoms with Crippen molar-refractivity contribution in [3.05, 3.63) is 84.6 Å². The van der Waals surface area contributed by atoms with Crippen LogP contribution in [0.15, 0.2) is 82.6 Å². The molecular weight excluding hydrogens is 394 g/mol. The molecule has 0 radical (unpaired) electrons. The van der Waals surface area contributed by atoms with Gasteiger partial charge in [-0.25, -0.2) is 8.42 Å². The van der Waals surface area contributed by atoms with Crippen molar-refractivity contribution in [3.63, 3.8) is 0 Å². The first kappa shape index (κ1) is 20.3.